The molecule has 2 aromatic rings. The standard InChI is InChI=1S/C18H12ClN3O7/c1-29-14-8-12(22(27)28)6-9(15(14)23)7-13-16(24)20-18(26)21(17(13)25)11-4-2-10(19)3-5-11/h2-8,23H,1H3,(H,20,24,26). The number of nitrogens with one attached hydrogen (secondary N) is 1. The number of nitro groups is 1. The third kappa shape index (κ3) is 3.73. The lowest BCUT2D eigenvalue weighted by atomic mass is 10.0. The van der Waals surface area contributed by atoms with Crippen molar-refractivity contribution in [2.45, 2.75) is 0 Å². The van der Waals surface area contributed by atoms with E-state index < -0.39 is 39.8 Å². The maximum Gasteiger partial charge on any atom is 0.335 e. The Morgan fingerprint density at radius 3 is 2.45 bits per heavy atom. The molecule has 148 valence electrons. The molecule has 2 aromatic carbocycles. The number of benzene rings is 2. The Balaban J connectivity index is 2.11. The molecule has 1 saturated heterocycles. The molecule has 0 spiro atoms. The van der Waals surface area contributed by atoms with Crippen LogP contribution < -0.4 is 15.0 Å². The average molecular weight is 418 g/mol. The molecule has 1 heterocycles. The number of non-ortho nitro benzene ring substituents is 1. The molecule has 10 nitrogen and oxygen atoms in total. The molecular weight excluding hydrogens is 406 g/mol. The van der Waals surface area contributed by atoms with Crippen molar-refractivity contribution in [1.82, 2.24) is 5.32 Å². The van der Waals surface area contributed by atoms with Crippen LogP contribution in [0.3, 0.4) is 0 Å². The highest BCUT2D eigenvalue weighted by Gasteiger charge is 2.37. The number of aromatic hydroxyl groups is 1. The number of anilines is 1. The van der Waals surface area contributed by atoms with Gasteiger partial charge in [0.25, 0.3) is 17.5 Å². The Morgan fingerprint density at radius 2 is 1.86 bits per heavy atom. The molecule has 0 bridgehead atoms. The second-order valence-electron chi connectivity index (χ2n) is 5.78. The normalized spacial score (nSPS) is 15.4. The Morgan fingerprint density at radius 1 is 1.21 bits per heavy atom. The number of carbonyl (C=O) groups is 3. The van der Waals surface area contributed by atoms with E-state index in [1.54, 1.807) is 0 Å². The number of urea groups is 1. The van der Waals surface area contributed by atoms with Gasteiger partial charge >= 0.3 is 6.03 Å². The molecule has 2 N–H and O–H groups in total. The van der Waals surface area contributed by atoms with Gasteiger partial charge < -0.3 is 9.84 Å². The number of amides is 4. The van der Waals surface area contributed by atoms with E-state index in [9.17, 15) is 29.6 Å². The predicted octanol–water partition coefficient (Wildman–Crippen LogP) is 2.63. The Hall–Kier alpha value is -3.92. The molecule has 0 unspecified atom stereocenters. The molecule has 4 amide bonds. The summed E-state index contributed by atoms with van der Waals surface area (Å²) < 4.78 is 4.89. The molecule has 0 aromatic heterocycles. The fourth-order valence-electron chi connectivity index (χ4n) is 2.62. The summed E-state index contributed by atoms with van der Waals surface area (Å²) in [6, 6.07) is 6.70. The third-order valence-corrected chi connectivity index (χ3v) is 4.26. The van der Waals surface area contributed by atoms with Crippen LogP contribution >= 0.6 is 11.6 Å². The first-order valence-electron chi connectivity index (χ1n) is 7.95. The van der Waals surface area contributed by atoms with E-state index in [1.165, 1.54) is 31.4 Å². The highest BCUT2D eigenvalue weighted by atomic mass is 35.5. The monoisotopic (exact) mass is 417 g/mol. The summed E-state index contributed by atoms with van der Waals surface area (Å²) in [5.41, 5.74) is -1.01. The molecule has 1 aliphatic rings. The quantitative estimate of drug-likeness (QED) is 0.337. The predicted molar refractivity (Wildman–Crippen MR) is 102 cm³/mol. The zero-order valence-corrected chi connectivity index (χ0v) is 15.5. The Bertz CT molecular complexity index is 1080. The second-order valence-corrected chi connectivity index (χ2v) is 6.21. The summed E-state index contributed by atoms with van der Waals surface area (Å²) in [5, 5.41) is 23.7. The van der Waals surface area contributed by atoms with Crippen LogP contribution in [0.1, 0.15) is 5.56 Å². The lowest BCUT2D eigenvalue weighted by Crippen LogP contribution is -2.54. The van der Waals surface area contributed by atoms with Gasteiger partial charge in [0, 0.05) is 16.7 Å². The van der Waals surface area contributed by atoms with Crippen molar-refractivity contribution in [1.29, 1.82) is 0 Å². The molecular formula is C18H12ClN3O7. The number of nitrogens with zero attached hydrogens (tertiary/aromatic N) is 2. The maximum absolute atomic E-state index is 12.8. The van der Waals surface area contributed by atoms with Gasteiger partial charge in [0.1, 0.15) is 5.57 Å². The minimum atomic E-state index is -1.02. The highest BCUT2D eigenvalue weighted by molar-refractivity contribution is 6.39. The summed E-state index contributed by atoms with van der Waals surface area (Å²) >= 11 is 5.80. The van der Waals surface area contributed by atoms with Crippen LogP contribution in [-0.2, 0) is 9.59 Å². The first-order valence-corrected chi connectivity index (χ1v) is 8.33. The number of hydrogen-bond acceptors (Lipinski definition) is 7. The van der Waals surface area contributed by atoms with E-state index in [1.807, 2.05) is 5.32 Å². The molecule has 1 fully saturated rings. The van der Waals surface area contributed by atoms with E-state index in [0.29, 0.717) is 9.92 Å². The van der Waals surface area contributed by atoms with Crippen molar-refractivity contribution >= 4 is 46.9 Å². The smallest absolute Gasteiger partial charge is 0.335 e. The molecule has 0 aliphatic carbocycles. The third-order valence-electron chi connectivity index (χ3n) is 4.01. The summed E-state index contributed by atoms with van der Waals surface area (Å²) in [6.45, 7) is 0. The van der Waals surface area contributed by atoms with Crippen molar-refractivity contribution in [2.75, 3.05) is 12.0 Å². The zero-order chi connectivity index (χ0) is 21.3. The minimum absolute atomic E-state index is 0.149. The van der Waals surface area contributed by atoms with Crippen LogP contribution in [0.25, 0.3) is 6.08 Å². The van der Waals surface area contributed by atoms with Gasteiger partial charge in [-0.15, -0.1) is 0 Å². The van der Waals surface area contributed by atoms with Crippen LogP contribution in [0.2, 0.25) is 5.02 Å². The van der Waals surface area contributed by atoms with E-state index in [-0.39, 0.29) is 17.0 Å². The summed E-state index contributed by atoms with van der Waals surface area (Å²) in [7, 11) is 1.19. The van der Waals surface area contributed by atoms with Gasteiger partial charge in [0.15, 0.2) is 11.5 Å². The number of barbiturate groups is 1. The SMILES string of the molecule is COc1cc([N+](=O)[O-])cc(C=C2C(=O)NC(=O)N(c3ccc(Cl)cc3)C2=O)c1O. The van der Waals surface area contributed by atoms with Gasteiger partial charge in [0.05, 0.1) is 23.8 Å². The minimum Gasteiger partial charge on any atom is -0.504 e. The number of imide groups is 2. The summed E-state index contributed by atoms with van der Waals surface area (Å²) in [5.74, 6) is -2.73. The number of hydrogen-bond donors (Lipinski definition) is 2. The van der Waals surface area contributed by atoms with Gasteiger partial charge in [0.2, 0.25) is 0 Å². The molecule has 0 saturated carbocycles. The van der Waals surface area contributed by atoms with Gasteiger partial charge in [-0.05, 0) is 30.3 Å². The average Bonchev–Trinajstić information content (AvgIpc) is 2.67. The van der Waals surface area contributed by atoms with Crippen LogP contribution in [-0.4, -0.2) is 35.0 Å². The number of ether oxygens (including phenoxy) is 1. The summed E-state index contributed by atoms with van der Waals surface area (Å²) in [4.78, 5) is 48.3. The van der Waals surface area contributed by atoms with Gasteiger partial charge in [-0.2, -0.15) is 0 Å². The van der Waals surface area contributed by atoms with E-state index >= 15 is 0 Å². The fourth-order valence-corrected chi connectivity index (χ4v) is 2.75. The first-order chi connectivity index (χ1) is 13.7. The molecule has 1 aliphatic heterocycles. The van der Waals surface area contributed by atoms with Gasteiger partial charge in [-0.3, -0.25) is 25.0 Å². The zero-order valence-electron chi connectivity index (χ0n) is 14.7. The first kappa shape index (κ1) is 19.8. The van der Waals surface area contributed by atoms with Crippen LogP contribution in [0.4, 0.5) is 16.2 Å². The van der Waals surface area contributed by atoms with Gasteiger partial charge in [-0.1, -0.05) is 11.6 Å². The molecule has 29 heavy (non-hydrogen) atoms. The number of methoxy groups -OCH3 is 1. The van der Waals surface area contributed by atoms with Gasteiger partial charge in [-0.25, -0.2) is 9.69 Å². The van der Waals surface area contributed by atoms with Crippen molar-refractivity contribution in [2.24, 2.45) is 0 Å². The number of phenolic OH excluding ortho intramolecular Hbond substituents is 1. The number of halogens is 1. The van der Waals surface area contributed by atoms with Crippen molar-refractivity contribution in [3.8, 4) is 11.5 Å². The van der Waals surface area contributed by atoms with E-state index in [0.717, 1.165) is 18.2 Å². The van der Waals surface area contributed by atoms with Crippen LogP contribution in [0.15, 0.2) is 42.0 Å². The lowest BCUT2D eigenvalue weighted by Gasteiger charge is -2.26. The second kappa shape index (κ2) is 7.60. The fraction of sp³-hybridized carbons (Fsp3) is 0.0556. The van der Waals surface area contributed by atoms with Crippen molar-refractivity contribution < 1.29 is 29.2 Å². The number of phenols is 1. The van der Waals surface area contributed by atoms with E-state index in [2.05, 4.69) is 0 Å². The molecule has 11 heteroatoms. The topological polar surface area (TPSA) is 139 Å². The van der Waals surface area contributed by atoms with Crippen LogP contribution in [0.5, 0.6) is 11.5 Å². The van der Waals surface area contributed by atoms with Crippen LogP contribution in [0, 0.1) is 10.1 Å². The summed E-state index contributed by atoms with van der Waals surface area (Å²) in [6.07, 6.45) is 0.942. The number of nitro benzene ring substituents is 1. The highest BCUT2D eigenvalue weighted by Crippen LogP contribution is 2.36. The molecule has 0 radical (unpaired) electrons. The number of rotatable bonds is 4. The molecule has 3 rings (SSSR count). The van der Waals surface area contributed by atoms with E-state index in [4.69, 9.17) is 16.3 Å². The maximum atomic E-state index is 12.8. The van der Waals surface area contributed by atoms with Crippen molar-refractivity contribution in [3.63, 3.8) is 0 Å². The number of carbonyl (C=O) groups excluding carboxylic acids is 3. The largest absolute Gasteiger partial charge is 0.504 e. The molecule has 0 atom stereocenters. The Kier molecular flexibility index (Phi) is 5.20. The Labute approximate surface area is 168 Å². The van der Waals surface area contributed by atoms with Crippen molar-refractivity contribution in [3.05, 3.63) is 62.7 Å². The lowest BCUT2D eigenvalue weighted by molar-refractivity contribution is -0.385.